The van der Waals surface area contributed by atoms with E-state index in [4.69, 9.17) is 4.74 Å². The highest BCUT2D eigenvalue weighted by Gasteiger charge is 2.29. The Balaban J connectivity index is 2.63. The van der Waals surface area contributed by atoms with Crippen LogP contribution in [0, 0.1) is 5.92 Å². The van der Waals surface area contributed by atoms with Crippen molar-refractivity contribution in [1.29, 1.82) is 0 Å². The molecule has 0 fully saturated rings. The van der Waals surface area contributed by atoms with Gasteiger partial charge in [0.15, 0.2) is 0 Å². The van der Waals surface area contributed by atoms with Crippen molar-refractivity contribution >= 4 is 11.9 Å². The third kappa shape index (κ3) is 5.38. The topological polar surface area (TPSA) is 86.1 Å². The van der Waals surface area contributed by atoms with Gasteiger partial charge in [-0.1, -0.05) is 19.1 Å². The summed E-state index contributed by atoms with van der Waals surface area (Å²) in [5, 5.41) is 9.99. The summed E-state index contributed by atoms with van der Waals surface area (Å²) in [4.78, 5) is 24.0. The number of carbonyl (C=O) groups excluding carboxylic acids is 2. The van der Waals surface area contributed by atoms with Gasteiger partial charge >= 0.3 is 5.97 Å². The normalized spacial score (nSPS) is 13.1. The zero-order valence-electron chi connectivity index (χ0n) is 12.6. The van der Waals surface area contributed by atoms with Crippen LogP contribution in [0.1, 0.15) is 34.6 Å². The van der Waals surface area contributed by atoms with Gasteiger partial charge in [-0.15, -0.1) is 5.10 Å². The summed E-state index contributed by atoms with van der Waals surface area (Å²) in [6, 6.07) is -0.676. The molecule has 20 heavy (non-hydrogen) atoms. The maximum Gasteiger partial charge on any atom is 0.329 e. The minimum Gasteiger partial charge on any atom is -0.458 e. The van der Waals surface area contributed by atoms with Crippen LogP contribution in [0.25, 0.3) is 0 Å². The Morgan fingerprint density at radius 3 is 2.45 bits per heavy atom. The molecule has 1 aromatic heterocycles. The molecule has 1 heterocycles. The fourth-order valence-electron chi connectivity index (χ4n) is 1.55. The van der Waals surface area contributed by atoms with Crippen molar-refractivity contribution in [3.8, 4) is 0 Å². The molecule has 0 aliphatic carbocycles. The zero-order valence-corrected chi connectivity index (χ0v) is 12.6. The lowest BCUT2D eigenvalue weighted by molar-refractivity contribution is -0.160. The summed E-state index contributed by atoms with van der Waals surface area (Å²) in [6.45, 7) is 9.10. The minimum atomic E-state index is -0.676. The van der Waals surface area contributed by atoms with Crippen LogP contribution in [0.4, 0.5) is 0 Å². The van der Waals surface area contributed by atoms with Crippen LogP contribution in [0.3, 0.4) is 0 Å². The van der Waals surface area contributed by atoms with Crippen LogP contribution < -0.4 is 5.32 Å². The van der Waals surface area contributed by atoms with Crippen molar-refractivity contribution in [3.05, 3.63) is 12.4 Å². The van der Waals surface area contributed by atoms with Gasteiger partial charge in [-0.25, -0.2) is 9.48 Å². The van der Waals surface area contributed by atoms with Crippen molar-refractivity contribution < 1.29 is 14.3 Å². The number of hydrogen-bond donors (Lipinski definition) is 1. The highest BCUT2D eigenvalue weighted by molar-refractivity contribution is 5.84. The van der Waals surface area contributed by atoms with Crippen LogP contribution in [-0.4, -0.2) is 38.5 Å². The average Bonchev–Trinajstić information content (AvgIpc) is 2.75. The molecule has 7 heteroatoms. The van der Waals surface area contributed by atoms with Gasteiger partial charge in [0, 0.05) is 6.20 Å². The number of nitrogens with one attached hydrogen (secondary N) is 1. The first kappa shape index (κ1) is 16.1. The zero-order chi connectivity index (χ0) is 15.3. The van der Waals surface area contributed by atoms with Crippen molar-refractivity contribution in [2.24, 2.45) is 5.92 Å². The van der Waals surface area contributed by atoms with Gasteiger partial charge < -0.3 is 10.1 Å². The first-order valence-corrected chi connectivity index (χ1v) is 6.55. The van der Waals surface area contributed by atoms with Gasteiger partial charge in [0.1, 0.15) is 18.2 Å². The van der Waals surface area contributed by atoms with E-state index in [0.717, 1.165) is 0 Å². The van der Waals surface area contributed by atoms with E-state index in [1.807, 2.05) is 13.8 Å². The number of esters is 1. The summed E-state index contributed by atoms with van der Waals surface area (Å²) < 4.78 is 6.70. The molecule has 1 aromatic rings. The van der Waals surface area contributed by atoms with Crippen LogP contribution in [0.15, 0.2) is 12.4 Å². The maximum absolute atomic E-state index is 12.1. The van der Waals surface area contributed by atoms with E-state index in [2.05, 4.69) is 15.6 Å². The summed E-state index contributed by atoms with van der Waals surface area (Å²) in [6.07, 6.45) is 3.07. The molecule has 1 N–H and O–H groups in total. The lowest BCUT2D eigenvalue weighted by Crippen LogP contribution is -2.48. The molecule has 7 nitrogen and oxygen atoms in total. The van der Waals surface area contributed by atoms with Crippen molar-refractivity contribution in [1.82, 2.24) is 20.3 Å². The van der Waals surface area contributed by atoms with E-state index in [-0.39, 0.29) is 18.4 Å². The molecule has 0 unspecified atom stereocenters. The van der Waals surface area contributed by atoms with E-state index >= 15 is 0 Å². The second-order valence-electron chi connectivity index (χ2n) is 5.92. The van der Waals surface area contributed by atoms with Gasteiger partial charge in [-0.2, -0.15) is 0 Å². The minimum absolute atomic E-state index is 0.0199. The quantitative estimate of drug-likeness (QED) is 0.806. The predicted octanol–water partition coefficient (Wildman–Crippen LogP) is 0.761. The first-order chi connectivity index (χ1) is 9.19. The van der Waals surface area contributed by atoms with E-state index in [1.54, 1.807) is 27.0 Å². The number of aromatic nitrogens is 3. The van der Waals surface area contributed by atoms with E-state index in [1.165, 1.54) is 10.9 Å². The molecule has 0 aliphatic rings. The lowest BCUT2D eigenvalue weighted by atomic mass is 10.0. The standard InChI is InChI=1S/C13H22N4O3/c1-9(2)11(12(19)20-13(3,4)5)15-10(18)8-17-7-6-14-16-17/h6-7,9,11H,8H2,1-5H3,(H,15,18)/t11-/m0/s1. The molecular formula is C13H22N4O3. The highest BCUT2D eigenvalue weighted by atomic mass is 16.6. The Labute approximate surface area is 118 Å². The Morgan fingerprint density at radius 1 is 1.35 bits per heavy atom. The molecule has 112 valence electrons. The number of hydrogen-bond acceptors (Lipinski definition) is 5. The molecular weight excluding hydrogens is 260 g/mol. The molecule has 0 radical (unpaired) electrons. The summed E-state index contributed by atoms with van der Waals surface area (Å²) in [5.74, 6) is -0.802. The molecule has 0 aromatic carbocycles. The summed E-state index contributed by atoms with van der Waals surface area (Å²) in [7, 11) is 0. The molecule has 1 rings (SSSR count). The molecule has 0 saturated heterocycles. The molecule has 1 amide bonds. The van der Waals surface area contributed by atoms with Gasteiger partial charge in [-0.3, -0.25) is 4.79 Å². The van der Waals surface area contributed by atoms with Gasteiger partial charge in [0.25, 0.3) is 0 Å². The highest BCUT2D eigenvalue weighted by Crippen LogP contribution is 2.12. The van der Waals surface area contributed by atoms with Crippen LogP contribution in [0.5, 0.6) is 0 Å². The predicted molar refractivity (Wildman–Crippen MR) is 72.6 cm³/mol. The molecule has 1 atom stereocenters. The van der Waals surface area contributed by atoms with E-state index in [9.17, 15) is 9.59 Å². The third-order valence-corrected chi connectivity index (χ3v) is 2.42. The Hall–Kier alpha value is -1.92. The smallest absolute Gasteiger partial charge is 0.329 e. The number of amides is 1. The van der Waals surface area contributed by atoms with Crippen molar-refractivity contribution in [2.75, 3.05) is 0 Å². The van der Waals surface area contributed by atoms with Gasteiger partial charge in [0.2, 0.25) is 5.91 Å². The van der Waals surface area contributed by atoms with Crippen LogP contribution in [0.2, 0.25) is 0 Å². The van der Waals surface area contributed by atoms with Crippen LogP contribution in [-0.2, 0) is 20.9 Å². The second kappa shape index (κ2) is 6.49. The Bertz CT molecular complexity index is 449. The lowest BCUT2D eigenvalue weighted by Gasteiger charge is -2.26. The van der Waals surface area contributed by atoms with E-state index in [0.29, 0.717) is 0 Å². The third-order valence-electron chi connectivity index (χ3n) is 2.42. The van der Waals surface area contributed by atoms with Crippen LogP contribution >= 0.6 is 0 Å². The van der Waals surface area contributed by atoms with Gasteiger partial charge in [0.05, 0.1) is 6.20 Å². The molecule has 0 saturated carbocycles. The monoisotopic (exact) mass is 282 g/mol. The van der Waals surface area contributed by atoms with Gasteiger partial charge in [-0.05, 0) is 26.7 Å². The second-order valence-corrected chi connectivity index (χ2v) is 5.92. The number of carbonyl (C=O) groups is 2. The molecule has 0 aliphatic heterocycles. The Morgan fingerprint density at radius 2 is 2.00 bits per heavy atom. The summed E-state index contributed by atoms with van der Waals surface area (Å²) >= 11 is 0. The average molecular weight is 282 g/mol. The fraction of sp³-hybridized carbons (Fsp3) is 0.692. The fourth-order valence-corrected chi connectivity index (χ4v) is 1.55. The summed E-state index contributed by atoms with van der Waals surface area (Å²) in [5.41, 5.74) is -0.582. The molecule has 0 spiro atoms. The van der Waals surface area contributed by atoms with E-state index < -0.39 is 17.6 Å². The first-order valence-electron chi connectivity index (χ1n) is 6.55. The number of ether oxygens (including phenoxy) is 1. The number of rotatable bonds is 5. The van der Waals surface area contributed by atoms with Crippen molar-refractivity contribution in [3.63, 3.8) is 0 Å². The van der Waals surface area contributed by atoms with Crippen molar-refractivity contribution in [2.45, 2.75) is 52.8 Å². The largest absolute Gasteiger partial charge is 0.458 e. The number of nitrogens with zero attached hydrogens (tertiary/aromatic N) is 3. The SMILES string of the molecule is CC(C)[C@H](NC(=O)Cn1ccnn1)C(=O)OC(C)(C)C. The Kier molecular flexibility index (Phi) is 5.24. The molecule has 0 bridgehead atoms. The maximum atomic E-state index is 12.1.